The maximum absolute atomic E-state index is 5.76. The maximum atomic E-state index is 5.76. The van der Waals surface area contributed by atoms with Gasteiger partial charge in [-0.15, -0.1) is 11.8 Å². The van der Waals surface area contributed by atoms with Gasteiger partial charge in [0.15, 0.2) is 0 Å². The van der Waals surface area contributed by atoms with Gasteiger partial charge in [0.2, 0.25) is 0 Å². The summed E-state index contributed by atoms with van der Waals surface area (Å²) in [5, 5.41) is 0. The summed E-state index contributed by atoms with van der Waals surface area (Å²) in [6.45, 7) is 7.16. The highest BCUT2D eigenvalue weighted by Gasteiger charge is 2.19. The van der Waals surface area contributed by atoms with Crippen LogP contribution in [0.1, 0.15) is 26.3 Å². The highest BCUT2D eigenvalue weighted by atomic mass is 79.9. The number of hydrogen-bond acceptors (Lipinski definition) is 2. The van der Waals surface area contributed by atoms with Crippen molar-refractivity contribution in [2.45, 2.75) is 31.1 Å². The van der Waals surface area contributed by atoms with Gasteiger partial charge >= 0.3 is 0 Å². The van der Waals surface area contributed by atoms with E-state index in [1.807, 2.05) is 11.8 Å². The van der Waals surface area contributed by atoms with Crippen LogP contribution in [0, 0.1) is 0 Å². The first-order chi connectivity index (χ1) is 7.01. The van der Waals surface area contributed by atoms with Crippen LogP contribution in [0.3, 0.4) is 0 Å². The van der Waals surface area contributed by atoms with E-state index in [0.29, 0.717) is 6.54 Å². The number of halogens is 1. The molecular formula is C12H18BrNS. The van der Waals surface area contributed by atoms with Crippen molar-refractivity contribution in [3.63, 3.8) is 0 Å². The largest absolute Gasteiger partial charge is 0.330 e. The monoisotopic (exact) mass is 287 g/mol. The third-order valence-corrected chi connectivity index (χ3v) is 4.40. The van der Waals surface area contributed by atoms with Crippen LogP contribution in [0.4, 0.5) is 0 Å². The summed E-state index contributed by atoms with van der Waals surface area (Å²) in [4.78, 5) is 1.30. The summed E-state index contributed by atoms with van der Waals surface area (Å²) in [7, 11) is 0. The van der Waals surface area contributed by atoms with E-state index < -0.39 is 0 Å². The number of rotatable bonds is 4. The van der Waals surface area contributed by atoms with Crippen molar-refractivity contribution >= 4 is 27.7 Å². The Bertz CT molecular complexity index is 336. The second-order valence-corrected chi connectivity index (χ2v) is 6.33. The third kappa shape index (κ3) is 3.23. The lowest BCUT2D eigenvalue weighted by Gasteiger charge is -2.23. The summed E-state index contributed by atoms with van der Waals surface area (Å²) in [6, 6.07) is 6.53. The molecule has 0 aliphatic heterocycles. The first-order valence-corrected chi connectivity index (χ1v) is 6.92. The molecule has 3 heteroatoms. The molecule has 1 aromatic rings. The van der Waals surface area contributed by atoms with E-state index in [2.05, 4.69) is 54.9 Å². The predicted octanol–water partition coefficient (Wildman–Crippen LogP) is 3.80. The van der Waals surface area contributed by atoms with Gasteiger partial charge in [0, 0.05) is 21.3 Å². The van der Waals surface area contributed by atoms with Crippen LogP contribution in [0.5, 0.6) is 0 Å². The standard InChI is InChI=1S/C12H18BrNS/c1-4-15-11-6-5-9(7-10(11)13)12(2,3)8-14/h5-7H,4,8,14H2,1-3H3. The maximum Gasteiger partial charge on any atom is 0.0314 e. The van der Waals surface area contributed by atoms with Gasteiger partial charge in [-0.3, -0.25) is 0 Å². The van der Waals surface area contributed by atoms with E-state index in [-0.39, 0.29) is 5.41 Å². The first kappa shape index (κ1) is 13.1. The molecule has 1 nitrogen and oxygen atoms in total. The van der Waals surface area contributed by atoms with Crippen molar-refractivity contribution in [3.8, 4) is 0 Å². The second kappa shape index (κ2) is 5.37. The minimum Gasteiger partial charge on any atom is -0.330 e. The molecule has 0 saturated heterocycles. The summed E-state index contributed by atoms with van der Waals surface area (Å²) in [5.41, 5.74) is 7.11. The smallest absolute Gasteiger partial charge is 0.0314 e. The molecule has 0 heterocycles. The van der Waals surface area contributed by atoms with Crippen molar-refractivity contribution in [2.75, 3.05) is 12.3 Å². The Morgan fingerprint density at radius 2 is 2.07 bits per heavy atom. The zero-order chi connectivity index (χ0) is 11.5. The number of nitrogens with two attached hydrogens (primary N) is 1. The van der Waals surface area contributed by atoms with Crippen LogP contribution in [-0.2, 0) is 5.41 Å². The summed E-state index contributed by atoms with van der Waals surface area (Å²) < 4.78 is 1.17. The van der Waals surface area contributed by atoms with E-state index in [1.54, 1.807) is 0 Å². The number of benzene rings is 1. The molecule has 0 spiro atoms. The fraction of sp³-hybridized carbons (Fsp3) is 0.500. The van der Waals surface area contributed by atoms with Crippen molar-refractivity contribution in [1.29, 1.82) is 0 Å². The number of hydrogen-bond donors (Lipinski definition) is 1. The minimum absolute atomic E-state index is 0.0535. The molecule has 0 aromatic heterocycles. The quantitative estimate of drug-likeness (QED) is 0.853. The summed E-state index contributed by atoms with van der Waals surface area (Å²) >= 11 is 5.46. The van der Waals surface area contributed by atoms with Gasteiger partial charge < -0.3 is 5.73 Å². The van der Waals surface area contributed by atoms with Crippen LogP contribution in [0.2, 0.25) is 0 Å². The highest BCUT2D eigenvalue weighted by molar-refractivity contribution is 9.10. The molecule has 0 bridgehead atoms. The Balaban J connectivity index is 3.01. The van der Waals surface area contributed by atoms with E-state index in [4.69, 9.17) is 5.73 Å². The first-order valence-electron chi connectivity index (χ1n) is 5.14. The van der Waals surface area contributed by atoms with Crippen LogP contribution in [0.15, 0.2) is 27.6 Å². The van der Waals surface area contributed by atoms with Crippen LogP contribution < -0.4 is 5.73 Å². The second-order valence-electron chi connectivity index (χ2n) is 4.17. The molecule has 0 aliphatic rings. The Hall–Kier alpha value is 0.01000. The molecule has 0 amide bonds. The normalized spacial score (nSPS) is 11.8. The summed E-state index contributed by atoms with van der Waals surface area (Å²) in [5.74, 6) is 1.10. The summed E-state index contributed by atoms with van der Waals surface area (Å²) in [6.07, 6.45) is 0. The van der Waals surface area contributed by atoms with E-state index in [0.717, 1.165) is 5.75 Å². The lowest BCUT2D eigenvalue weighted by Crippen LogP contribution is -2.28. The van der Waals surface area contributed by atoms with Crippen LogP contribution >= 0.6 is 27.7 Å². The lowest BCUT2D eigenvalue weighted by molar-refractivity contribution is 0.538. The average molecular weight is 288 g/mol. The topological polar surface area (TPSA) is 26.0 Å². The molecule has 0 radical (unpaired) electrons. The Labute approximate surface area is 105 Å². The molecule has 0 atom stereocenters. The fourth-order valence-corrected chi connectivity index (χ4v) is 2.71. The molecule has 0 fully saturated rings. The Morgan fingerprint density at radius 3 is 2.53 bits per heavy atom. The van der Waals surface area contributed by atoms with Crippen molar-refractivity contribution in [3.05, 3.63) is 28.2 Å². The molecule has 0 unspecified atom stereocenters. The van der Waals surface area contributed by atoms with E-state index in [1.165, 1.54) is 14.9 Å². The van der Waals surface area contributed by atoms with Crippen LogP contribution in [-0.4, -0.2) is 12.3 Å². The SMILES string of the molecule is CCSc1ccc(C(C)(C)CN)cc1Br. The molecule has 2 N–H and O–H groups in total. The van der Waals surface area contributed by atoms with Gasteiger partial charge in [-0.05, 0) is 39.4 Å². The van der Waals surface area contributed by atoms with E-state index in [9.17, 15) is 0 Å². The fourth-order valence-electron chi connectivity index (χ4n) is 1.31. The zero-order valence-corrected chi connectivity index (χ0v) is 11.9. The molecule has 84 valence electrons. The Kier molecular flexibility index (Phi) is 4.68. The molecule has 15 heavy (non-hydrogen) atoms. The minimum atomic E-state index is 0.0535. The van der Waals surface area contributed by atoms with Crippen molar-refractivity contribution < 1.29 is 0 Å². The van der Waals surface area contributed by atoms with E-state index >= 15 is 0 Å². The van der Waals surface area contributed by atoms with Gasteiger partial charge in [0.1, 0.15) is 0 Å². The molecule has 0 saturated carbocycles. The van der Waals surface area contributed by atoms with Crippen molar-refractivity contribution in [1.82, 2.24) is 0 Å². The van der Waals surface area contributed by atoms with Crippen molar-refractivity contribution in [2.24, 2.45) is 5.73 Å². The Morgan fingerprint density at radius 1 is 1.40 bits per heavy atom. The van der Waals surface area contributed by atoms with Gasteiger partial charge in [-0.25, -0.2) is 0 Å². The zero-order valence-electron chi connectivity index (χ0n) is 9.51. The molecular weight excluding hydrogens is 270 g/mol. The van der Waals surface area contributed by atoms with Gasteiger partial charge in [0.25, 0.3) is 0 Å². The van der Waals surface area contributed by atoms with Gasteiger partial charge in [-0.2, -0.15) is 0 Å². The predicted molar refractivity (Wildman–Crippen MR) is 72.6 cm³/mol. The number of thioether (sulfide) groups is 1. The highest BCUT2D eigenvalue weighted by Crippen LogP contribution is 2.32. The van der Waals surface area contributed by atoms with Crippen LogP contribution in [0.25, 0.3) is 0 Å². The molecule has 1 aromatic carbocycles. The van der Waals surface area contributed by atoms with Gasteiger partial charge in [0.05, 0.1) is 0 Å². The molecule has 1 rings (SSSR count). The third-order valence-electron chi connectivity index (χ3n) is 2.52. The van der Waals surface area contributed by atoms with Gasteiger partial charge in [-0.1, -0.05) is 26.8 Å². The molecule has 0 aliphatic carbocycles. The average Bonchev–Trinajstić information content (AvgIpc) is 2.21. The lowest BCUT2D eigenvalue weighted by atomic mass is 9.85.